The molecule has 1 saturated carbocycles. The van der Waals surface area contributed by atoms with Crippen LogP contribution >= 0.6 is 11.8 Å². The zero-order valence-electron chi connectivity index (χ0n) is 10.8. The van der Waals surface area contributed by atoms with Gasteiger partial charge >= 0.3 is 0 Å². The van der Waals surface area contributed by atoms with Crippen LogP contribution in [0.5, 0.6) is 0 Å². The highest BCUT2D eigenvalue weighted by molar-refractivity contribution is 7.98. The highest BCUT2D eigenvalue weighted by atomic mass is 32.2. The Bertz CT molecular complexity index is 162. The fourth-order valence-electron chi connectivity index (χ4n) is 2.65. The van der Waals surface area contributed by atoms with Crippen LogP contribution in [0.2, 0.25) is 0 Å². The standard InChI is InChI=1S/C13H27NS/c1-10(2)12-5-7-13(8-6-12)14-11(3)9-15-4/h10-14H,5-9H2,1-4H3. The molecule has 1 fully saturated rings. The lowest BCUT2D eigenvalue weighted by molar-refractivity contribution is 0.233. The van der Waals surface area contributed by atoms with Crippen LogP contribution < -0.4 is 5.32 Å². The number of nitrogens with one attached hydrogen (secondary N) is 1. The van der Waals surface area contributed by atoms with Crippen LogP contribution in [-0.2, 0) is 0 Å². The summed E-state index contributed by atoms with van der Waals surface area (Å²) >= 11 is 1.94. The van der Waals surface area contributed by atoms with Gasteiger partial charge < -0.3 is 5.32 Å². The molecule has 1 N–H and O–H groups in total. The van der Waals surface area contributed by atoms with E-state index >= 15 is 0 Å². The molecule has 0 spiro atoms. The quantitative estimate of drug-likeness (QED) is 0.774. The molecule has 1 atom stereocenters. The maximum Gasteiger partial charge on any atom is 0.0132 e. The van der Waals surface area contributed by atoms with Crippen LogP contribution in [0.15, 0.2) is 0 Å². The molecule has 1 nitrogen and oxygen atoms in total. The molecule has 0 aliphatic heterocycles. The number of rotatable bonds is 5. The Morgan fingerprint density at radius 2 is 1.73 bits per heavy atom. The third-order valence-electron chi connectivity index (χ3n) is 3.65. The molecule has 2 heteroatoms. The van der Waals surface area contributed by atoms with Gasteiger partial charge in [0.25, 0.3) is 0 Å². The average molecular weight is 229 g/mol. The highest BCUT2D eigenvalue weighted by Gasteiger charge is 2.23. The van der Waals surface area contributed by atoms with Crippen LogP contribution in [0.3, 0.4) is 0 Å². The summed E-state index contributed by atoms with van der Waals surface area (Å²) in [4.78, 5) is 0. The monoisotopic (exact) mass is 229 g/mol. The summed E-state index contributed by atoms with van der Waals surface area (Å²) in [7, 11) is 0. The lowest BCUT2D eigenvalue weighted by Gasteiger charge is -2.33. The minimum Gasteiger partial charge on any atom is -0.311 e. The van der Waals surface area contributed by atoms with E-state index in [0.29, 0.717) is 6.04 Å². The van der Waals surface area contributed by atoms with Crippen LogP contribution in [0.25, 0.3) is 0 Å². The van der Waals surface area contributed by atoms with Crippen LogP contribution in [0, 0.1) is 11.8 Å². The van der Waals surface area contributed by atoms with Crippen molar-refractivity contribution >= 4 is 11.8 Å². The van der Waals surface area contributed by atoms with E-state index in [1.807, 2.05) is 11.8 Å². The van der Waals surface area contributed by atoms with Crippen molar-refractivity contribution in [2.24, 2.45) is 11.8 Å². The first-order chi connectivity index (χ1) is 7.13. The van der Waals surface area contributed by atoms with Crippen molar-refractivity contribution < 1.29 is 0 Å². The lowest BCUT2D eigenvalue weighted by Crippen LogP contribution is -2.40. The molecular formula is C13H27NS. The molecule has 15 heavy (non-hydrogen) atoms. The van der Waals surface area contributed by atoms with Crippen molar-refractivity contribution in [1.29, 1.82) is 0 Å². The summed E-state index contributed by atoms with van der Waals surface area (Å²) < 4.78 is 0. The molecule has 1 rings (SSSR count). The lowest BCUT2D eigenvalue weighted by atomic mass is 9.79. The first-order valence-corrected chi connectivity index (χ1v) is 7.77. The fraction of sp³-hybridized carbons (Fsp3) is 1.00. The van der Waals surface area contributed by atoms with Crippen molar-refractivity contribution in [3.63, 3.8) is 0 Å². The van der Waals surface area contributed by atoms with Gasteiger partial charge in [-0.05, 0) is 50.7 Å². The van der Waals surface area contributed by atoms with Gasteiger partial charge in [0.05, 0.1) is 0 Å². The molecular weight excluding hydrogens is 202 g/mol. The maximum atomic E-state index is 3.76. The van der Waals surface area contributed by atoms with E-state index in [9.17, 15) is 0 Å². The molecule has 1 aliphatic rings. The summed E-state index contributed by atoms with van der Waals surface area (Å²) in [6, 6.07) is 1.47. The van der Waals surface area contributed by atoms with Crippen molar-refractivity contribution in [3.05, 3.63) is 0 Å². The van der Waals surface area contributed by atoms with Gasteiger partial charge in [-0.3, -0.25) is 0 Å². The summed E-state index contributed by atoms with van der Waals surface area (Å²) in [6.07, 6.45) is 7.83. The molecule has 90 valence electrons. The van der Waals surface area contributed by atoms with Crippen molar-refractivity contribution in [1.82, 2.24) is 5.32 Å². The molecule has 0 aromatic carbocycles. The van der Waals surface area contributed by atoms with Gasteiger partial charge in [0.1, 0.15) is 0 Å². The topological polar surface area (TPSA) is 12.0 Å². The van der Waals surface area contributed by atoms with Crippen LogP contribution in [0.4, 0.5) is 0 Å². The average Bonchev–Trinajstić information content (AvgIpc) is 2.18. The second kappa shape index (κ2) is 6.80. The van der Waals surface area contributed by atoms with Crippen molar-refractivity contribution in [2.45, 2.75) is 58.5 Å². The van der Waals surface area contributed by atoms with E-state index in [4.69, 9.17) is 0 Å². The molecule has 1 unspecified atom stereocenters. The molecule has 0 heterocycles. The molecule has 0 aromatic heterocycles. The molecule has 0 amide bonds. The third-order valence-corrected chi connectivity index (χ3v) is 4.48. The summed E-state index contributed by atoms with van der Waals surface area (Å²) in [5.74, 6) is 3.11. The smallest absolute Gasteiger partial charge is 0.0132 e. The van der Waals surface area contributed by atoms with Crippen molar-refractivity contribution in [3.8, 4) is 0 Å². The Labute approximate surface area is 99.8 Å². The molecule has 0 radical (unpaired) electrons. The summed E-state index contributed by atoms with van der Waals surface area (Å²) in [5, 5.41) is 3.76. The maximum absolute atomic E-state index is 3.76. The van der Waals surface area contributed by atoms with Gasteiger partial charge in [-0.2, -0.15) is 11.8 Å². The van der Waals surface area contributed by atoms with E-state index in [2.05, 4.69) is 32.3 Å². The molecule has 0 saturated heterocycles. The third kappa shape index (κ3) is 4.78. The van der Waals surface area contributed by atoms with E-state index in [1.165, 1.54) is 31.4 Å². The Hall–Kier alpha value is 0.310. The zero-order valence-corrected chi connectivity index (χ0v) is 11.6. The SMILES string of the molecule is CSCC(C)NC1CCC(C(C)C)CC1. The summed E-state index contributed by atoms with van der Waals surface area (Å²) in [5.41, 5.74) is 0. The first kappa shape index (κ1) is 13.4. The predicted octanol–water partition coefficient (Wildman–Crippen LogP) is 3.54. The predicted molar refractivity (Wildman–Crippen MR) is 71.6 cm³/mol. The Balaban J connectivity index is 2.19. The van der Waals surface area contributed by atoms with Gasteiger partial charge in [0.2, 0.25) is 0 Å². The number of thioether (sulfide) groups is 1. The Morgan fingerprint density at radius 3 is 2.20 bits per heavy atom. The first-order valence-electron chi connectivity index (χ1n) is 6.38. The number of hydrogen-bond donors (Lipinski definition) is 1. The minimum absolute atomic E-state index is 0.681. The van der Waals surface area contributed by atoms with Gasteiger partial charge in [-0.25, -0.2) is 0 Å². The van der Waals surface area contributed by atoms with Gasteiger partial charge in [0.15, 0.2) is 0 Å². The molecule has 1 aliphatic carbocycles. The van der Waals surface area contributed by atoms with Crippen molar-refractivity contribution in [2.75, 3.05) is 12.0 Å². The van der Waals surface area contributed by atoms with Crippen LogP contribution in [0.1, 0.15) is 46.5 Å². The van der Waals surface area contributed by atoms with E-state index in [1.54, 1.807) is 0 Å². The number of hydrogen-bond acceptors (Lipinski definition) is 2. The van der Waals surface area contributed by atoms with Gasteiger partial charge in [-0.1, -0.05) is 13.8 Å². The zero-order chi connectivity index (χ0) is 11.3. The van der Waals surface area contributed by atoms with E-state index in [-0.39, 0.29) is 0 Å². The van der Waals surface area contributed by atoms with Gasteiger partial charge in [-0.15, -0.1) is 0 Å². The molecule has 0 aromatic rings. The van der Waals surface area contributed by atoms with E-state index in [0.717, 1.165) is 17.9 Å². The second-order valence-corrected chi connectivity index (χ2v) is 6.29. The van der Waals surface area contributed by atoms with E-state index < -0.39 is 0 Å². The Morgan fingerprint density at radius 1 is 1.13 bits per heavy atom. The normalized spacial score (nSPS) is 29.4. The van der Waals surface area contributed by atoms with Crippen LogP contribution in [-0.4, -0.2) is 24.1 Å². The highest BCUT2D eigenvalue weighted by Crippen LogP contribution is 2.30. The summed E-state index contributed by atoms with van der Waals surface area (Å²) in [6.45, 7) is 7.05. The fourth-order valence-corrected chi connectivity index (χ4v) is 3.25. The Kier molecular flexibility index (Phi) is 6.06. The van der Waals surface area contributed by atoms with Gasteiger partial charge in [0, 0.05) is 17.8 Å². The second-order valence-electron chi connectivity index (χ2n) is 5.38. The minimum atomic E-state index is 0.681. The largest absolute Gasteiger partial charge is 0.311 e. The molecule has 0 bridgehead atoms.